The number of benzene rings is 1. The highest BCUT2D eigenvalue weighted by Gasteiger charge is 2.20. The molecule has 0 aliphatic carbocycles. The van der Waals surface area contributed by atoms with E-state index in [2.05, 4.69) is 4.90 Å². The summed E-state index contributed by atoms with van der Waals surface area (Å²) in [6, 6.07) is 7.72. The van der Waals surface area contributed by atoms with Crippen molar-refractivity contribution < 1.29 is 9.53 Å². The van der Waals surface area contributed by atoms with Crippen LogP contribution in [0.25, 0.3) is 0 Å². The average Bonchev–Trinajstić information content (AvgIpc) is 2.80. The molecule has 0 aromatic heterocycles. The maximum absolute atomic E-state index is 11.2. The lowest BCUT2D eigenvalue weighted by Crippen LogP contribution is -2.36. The fraction of sp³-hybridized carbons (Fsp3) is 0.500. The number of nitrogens with two attached hydrogens (primary N) is 2. The molecule has 1 heterocycles. The number of carbonyl (C=O) groups excluding carboxylic acids is 1. The summed E-state index contributed by atoms with van der Waals surface area (Å²) in [5.74, 6) is 0.184. The van der Waals surface area contributed by atoms with Crippen LogP contribution in [-0.2, 0) is 16.1 Å². The molecular weight excluding hydrogens is 242 g/mol. The molecule has 0 bridgehead atoms. The molecule has 1 saturated heterocycles. The molecule has 4 N–H and O–H groups in total. The van der Waals surface area contributed by atoms with E-state index in [1.807, 2.05) is 24.3 Å². The van der Waals surface area contributed by atoms with Crippen molar-refractivity contribution in [3.05, 3.63) is 29.8 Å². The summed E-state index contributed by atoms with van der Waals surface area (Å²) in [6.45, 7) is 3.37. The predicted molar refractivity (Wildman–Crippen MR) is 74.3 cm³/mol. The number of nitrogen functional groups attached to an aromatic ring is 1. The van der Waals surface area contributed by atoms with Crippen LogP contribution in [0.3, 0.4) is 0 Å². The van der Waals surface area contributed by atoms with Crippen LogP contribution in [0.1, 0.15) is 12.0 Å². The quantitative estimate of drug-likeness (QED) is 0.736. The van der Waals surface area contributed by atoms with E-state index in [0.29, 0.717) is 12.5 Å². The Morgan fingerprint density at radius 3 is 2.95 bits per heavy atom. The summed E-state index contributed by atoms with van der Waals surface area (Å²) in [6.07, 6.45) is 1.05. The van der Waals surface area contributed by atoms with Crippen LogP contribution in [0, 0.1) is 5.92 Å². The normalized spacial score (nSPS) is 18.9. The molecule has 0 radical (unpaired) electrons. The Labute approximate surface area is 113 Å². The monoisotopic (exact) mass is 263 g/mol. The van der Waals surface area contributed by atoms with Crippen molar-refractivity contribution in [1.82, 2.24) is 4.90 Å². The molecule has 1 aliphatic rings. The Kier molecular flexibility index (Phi) is 4.76. The molecule has 104 valence electrons. The van der Waals surface area contributed by atoms with Crippen LogP contribution >= 0.6 is 0 Å². The van der Waals surface area contributed by atoms with E-state index in [-0.39, 0.29) is 12.5 Å². The third kappa shape index (κ3) is 4.54. The van der Waals surface area contributed by atoms with Gasteiger partial charge in [-0.3, -0.25) is 9.69 Å². The average molecular weight is 263 g/mol. The van der Waals surface area contributed by atoms with Gasteiger partial charge in [0, 0.05) is 25.4 Å². The molecule has 5 nitrogen and oxygen atoms in total. The number of nitrogens with zero attached hydrogens (tertiary/aromatic N) is 1. The van der Waals surface area contributed by atoms with Gasteiger partial charge in [-0.2, -0.15) is 0 Å². The molecule has 1 unspecified atom stereocenters. The minimum absolute atomic E-state index is 0.269. The lowest BCUT2D eigenvalue weighted by atomic mass is 10.1. The van der Waals surface area contributed by atoms with Gasteiger partial charge in [0.05, 0.1) is 13.2 Å². The molecule has 0 saturated carbocycles. The molecule has 1 fully saturated rings. The van der Waals surface area contributed by atoms with E-state index in [1.165, 1.54) is 0 Å². The van der Waals surface area contributed by atoms with Gasteiger partial charge in [-0.1, -0.05) is 12.1 Å². The van der Waals surface area contributed by atoms with E-state index in [1.54, 1.807) is 0 Å². The fourth-order valence-corrected chi connectivity index (χ4v) is 2.45. The van der Waals surface area contributed by atoms with Gasteiger partial charge < -0.3 is 16.2 Å². The van der Waals surface area contributed by atoms with Crippen LogP contribution in [0.4, 0.5) is 5.69 Å². The third-order valence-corrected chi connectivity index (χ3v) is 3.28. The number of rotatable bonds is 6. The Balaban J connectivity index is 1.98. The fourth-order valence-electron chi connectivity index (χ4n) is 2.45. The predicted octanol–water partition coefficient (Wildman–Crippen LogP) is 0.593. The van der Waals surface area contributed by atoms with Crippen molar-refractivity contribution in [2.45, 2.75) is 13.0 Å². The highest BCUT2D eigenvalue weighted by Crippen LogP contribution is 2.16. The zero-order chi connectivity index (χ0) is 13.7. The minimum atomic E-state index is -0.303. The number of hydrogen-bond donors (Lipinski definition) is 2. The number of amides is 1. The van der Waals surface area contributed by atoms with Gasteiger partial charge in [0.25, 0.3) is 0 Å². The van der Waals surface area contributed by atoms with Crippen molar-refractivity contribution in [1.29, 1.82) is 0 Å². The third-order valence-electron chi connectivity index (χ3n) is 3.28. The van der Waals surface area contributed by atoms with E-state index in [0.717, 1.165) is 37.4 Å². The highest BCUT2D eigenvalue weighted by molar-refractivity contribution is 5.75. The van der Waals surface area contributed by atoms with Crippen LogP contribution in [0.2, 0.25) is 0 Å². The second-order valence-electron chi connectivity index (χ2n) is 5.11. The summed E-state index contributed by atoms with van der Waals surface area (Å²) >= 11 is 0. The second kappa shape index (κ2) is 6.54. The lowest BCUT2D eigenvalue weighted by molar-refractivity contribution is -0.119. The van der Waals surface area contributed by atoms with Crippen LogP contribution in [-0.4, -0.2) is 37.1 Å². The summed E-state index contributed by atoms with van der Waals surface area (Å²) < 4.78 is 5.37. The van der Waals surface area contributed by atoms with E-state index < -0.39 is 0 Å². The van der Waals surface area contributed by atoms with Crippen molar-refractivity contribution in [3.63, 3.8) is 0 Å². The minimum Gasteiger partial charge on any atom is -0.399 e. The lowest BCUT2D eigenvalue weighted by Gasteiger charge is -2.23. The summed E-state index contributed by atoms with van der Waals surface area (Å²) in [7, 11) is 0. The zero-order valence-electron chi connectivity index (χ0n) is 11.0. The van der Waals surface area contributed by atoms with Gasteiger partial charge in [0.2, 0.25) is 5.91 Å². The topological polar surface area (TPSA) is 81.6 Å². The smallest absolute Gasteiger partial charge is 0.231 e. The second-order valence-corrected chi connectivity index (χ2v) is 5.11. The van der Waals surface area contributed by atoms with Crippen molar-refractivity contribution in [3.8, 4) is 0 Å². The first kappa shape index (κ1) is 13.8. The maximum atomic E-state index is 11.2. The van der Waals surface area contributed by atoms with E-state index in [9.17, 15) is 4.79 Å². The largest absolute Gasteiger partial charge is 0.399 e. The van der Waals surface area contributed by atoms with E-state index >= 15 is 0 Å². The SMILES string of the molecule is NC(=O)CN(Cc1cccc(N)c1)CC1CCOC1. The Morgan fingerprint density at radius 1 is 1.47 bits per heavy atom. The molecule has 1 aliphatic heterocycles. The molecular formula is C14H21N3O2. The van der Waals surface area contributed by atoms with Crippen molar-refractivity contribution in [2.75, 3.05) is 32.0 Å². The van der Waals surface area contributed by atoms with Crippen LogP contribution in [0.15, 0.2) is 24.3 Å². The first-order valence-corrected chi connectivity index (χ1v) is 6.56. The van der Waals surface area contributed by atoms with Gasteiger partial charge in [-0.05, 0) is 30.0 Å². The molecule has 1 atom stereocenters. The molecule has 5 heteroatoms. The molecule has 19 heavy (non-hydrogen) atoms. The molecule has 0 spiro atoms. The number of primary amides is 1. The Morgan fingerprint density at radius 2 is 2.32 bits per heavy atom. The van der Waals surface area contributed by atoms with Gasteiger partial charge in [-0.15, -0.1) is 0 Å². The van der Waals surface area contributed by atoms with Gasteiger partial charge in [-0.25, -0.2) is 0 Å². The molecule has 1 aromatic rings. The molecule has 1 aromatic carbocycles. The van der Waals surface area contributed by atoms with E-state index in [4.69, 9.17) is 16.2 Å². The zero-order valence-corrected chi connectivity index (χ0v) is 11.0. The first-order chi connectivity index (χ1) is 9.13. The summed E-state index contributed by atoms with van der Waals surface area (Å²) in [4.78, 5) is 13.2. The van der Waals surface area contributed by atoms with Crippen molar-refractivity contribution >= 4 is 11.6 Å². The van der Waals surface area contributed by atoms with Gasteiger partial charge in [0.1, 0.15) is 0 Å². The molecule has 1 amide bonds. The van der Waals surface area contributed by atoms with Crippen LogP contribution < -0.4 is 11.5 Å². The number of ether oxygens (including phenoxy) is 1. The molecule has 2 rings (SSSR count). The number of anilines is 1. The summed E-state index contributed by atoms with van der Waals surface area (Å²) in [5, 5.41) is 0. The Bertz CT molecular complexity index is 430. The Hall–Kier alpha value is -1.59. The van der Waals surface area contributed by atoms with Crippen molar-refractivity contribution in [2.24, 2.45) is 11.7 Å². The first-order valence-electron chi connectivity index (χ1n) is 6.56. The van der Waals surface area contributed by atoms with Crippen LogP contribution in [0.5, 0.6) is 0 Å². The van der Waals surface area contributed by atoms with Gasteiger partial charge in [0.15, 0.2) is 0 Å². The number of carbonyl (C=O) groups is 1. The van der Waals surface area contributed by atoms with Gasteiger partial charge >= 0.3 is 0 Å². The maximum Gasteiger partial charge on any atom is 0.231 e. The highest BCUT2D eigenvalue weighted by atomic mass is 16.5. The summed E-state index contributed by atoms with van der Waals surface area (Å²) in [5.41, 5.74) is 12.9. The standard InChI is InChI=1S/C14H21N3O2/c15-13-3-1-2-11(6-13)7-17(9-14(16)18)8-12-4-5-19-10-12/h1-3,6,12H,4-5,7-10,15H2,(H2,16,18). The number of hydrogen-bond acceptors (Lipinski definition) is 4.